The molecule has 4 rings (SSSR count). The molecule has 0 aliphatic carbocycles. The lowest BCUT2D eigenvalue weighted by Gasteiger charge is -2.09. The number of aryl methyl sites for hydroxylation is 1. The number of benzene rings is 3. The van der Waals surface area contributed by atoms with Gasteiger partial charge in [-0.15, -0.1) is 0 Å². The lowest BCUT2D eigenvalue weighted by molar-refractivity contribution is 0.102. The number of nitrogens with zero attached hydrogens (tertiary/aromatic N) is 2. The first-order valence-corrected chi connectivity index (χ1v) is 11.4. The number of halogens is 1. The van der Waals surface area contributed by atoms with Crippen LogP contribution in [0.1, 0.15) is 28.4 Å². The number of ether oxygens (including phenoxy) is 2. The third kappa shape index (κ3) is 6.23. The monoisotopic (exact) mass is 505 g/mol. The molecule has 0 atom stereocenters. The van der Waals surface area contributed by atoms with Crippen molar-refractivity contribution in [1.82, 2.24) is 9.78 Å². The molecule has 1 aromatic heterocycles. The number of hydrogen-bond acceptors (Lipinski definition) is 4. The zero-order chi connectivity index (χ0) is 23.0. The molecule has 0 unspecified atom stereocenters. The minimum atomic E-state index is -0.205. The van der Waals surface area contributed by atoms with Gasteiger partial charge in [0.2, 0.25) is 0 Å². The van der Waals surface area contributed by atoms with Crippen molar-refractivity contribution in [3.05, 3.63) is 106 Å². The zero-order valence-corrected chi connectivity index (χ0v) is 19.8. The van der Waals surface area contributed by atoms with E-state index in [2.05, 4.69) is 33.3 Å². The Morgan fingerprint density at radius 2 is 1.70 bits per heavy atom. The van der Waals surface area contributed by atoms with Gasteiger partial charge in [0, 0.05) is 5.56 Å². The van der Waals surface area contributed by atoms with Gasteiger partial charge in [0.25, 0.3) is 5.91 Å². The van der Waals surface area contributed by atoms with E-state index in [4.69, 9.17) is 9.47 Å². The van der Waals surface area contributed by atoms with Crippen LogP contribution < -0.4 is 14.8 Å². The van der Waals surface area contributed by atoms with Gasteiger partial charge in [-0.25, -0.2) is 4.68 Å². The Morgan fingerprint density at radius 1 is 0.970 bits per heavy atom. The maximum atomic E-state index is 12.6. The van der Waals surface area contributed by atoms with E-state index in [1.165, 1.54) is 5.56 Å². The molecule has 1 N–H and O–H groups in total. The summed E-state index contributed by atoms with van der Waals surface area (Å²) >= 11 is 3.47. The fourth-order valence-corrected chi connectivity index (χ4v) is 3.54. The van der Waals surface area contributed by atoms with Crippen LogP contribution in [0, 0.1) is 0 Å². The second-order valence-corrected chi connectivity index (χ2v) is 8.26. The van der Waals surface area contributed by atoms with Gasteiger partial charge < -0.3 is 14.8 Å². The highest BCUT2D eigenvalue weighted by atomic mass is 79.9. The van der Waals surface area contributed by atoms with Crippen LogP contribution in [0.5, 0.6) is 11.5 Å². The standard InChI is InChI=1S/C26H24BrN3O3/c1-2-19-9-13-23(14-10-19)33-18-30-16-22(15-28-30)29-26(31)21-11-7-20(8-12-21)17-32-25-6-4-3-5-24(25)27/h3-16H,2,17-18H2,1H3,(H,29,31). The van der Waals surface area contributed by atoms with Crippen molar-refractivity contribution in [3.63, 3.8) is 0 Å². The summed E-state index contributed by atoms with van der Waals surface area (Å²) in [6, 6.07) is 23.0. The summed E-state index contributed by atoms with van der Waals surface area (Å²) in [6.07, 6.45) is 4.32. The predicted molar refractivity (Wildman–Crippen MR) is 132 cm³/mol. The minimum absolute atomic E-state index is 0.205. The van der Waals surface area contributed by atoms with Crippen molar-refractivity contribution in [2.45, 2.75) is 26.7 Å². The highest BCUT2D eigenvalue weighted by Crippen LogP contribution is 2.24. The summed E-state index contributed by atoms with van der Waals surface area (Å²) in [5, 5.41) is 7.10. The van der Waals surface area contributed by atoms with E-state index < -0.39 is 0 Å². The summed E-state index contributed by atoms with van der Waals surface area (Å²) in [7, 11) is 0. The lowest BCUT2D eigenvalue weighted by atomic mass is 10.1. The highest BCUT2D eigenvalue weighted by Gasteiger charge is 2.09. The number of aromatic nitrogens is 2. The Morgan fingerprint density at radius 3 is 2.42 bits per heavy atom. The molecule has 168 valence electrons. The summed E-state index contributed by atoms with van der Waals surface area (Å²) < 4.78 is 14.1. The number of para-hydroxylation sites is 1. The van der Waals surface area contributed by atoms with Crippen molar-refractivity contribution in [2.75, 3.05) is 5.32 Å². The van der Waals surface area contributed by atoms with Crippen LogP contribution in [-0.4, -0.2) is 15.7 Å². The van der Waals surface area contributed by atoms with Crippen molar-refractivity contribution in [2.24, 2.45) is 0 Å². The quantitative estimate of drug-likeness (QED) is 0.299. The fourth-order valence-electron chi connectivity index (χ4n) is 3.14. The molecule has 0 bridgehead atoms. The number of anilines is 1. The maximum Gasteiger partial charge on any atom is 0.255 e. The van der Waals surface area contributed by atoms with Crippen LogP contribution in [0.4, 0.5) is 5.69 Å². The fraction of sp³-hybridized carbons (Fsp3) is 0.154. The Hall–Kier alpha value is -3.58. The zero-order valence-electron chi connectivity index (χ0n) is 18.2. The smallest absolute Gasteiger partial charge is 0.255 e. The molecule has 0 radical (unpaired) electrons. The van der Waals surface area contributed by atoms with E-state index in [0.29, 0.717) is 17.9 Å². The van der Waals surface area contributed by atoms with Crippen LogP contribution >= 0.6 is 15.9 Å². The molecule has 0 fully saturated rings. The van der Waals surface area contributed by atoms with Gasteiger partial charge in [-0.1, -0.05) is 43.3 Å². The van der Waals surface area contributed by atoms with Crippen LogP contribution in [0.15, 0.2) is 89.7 Å². The number of carbonyl (C=O) groups excluding carboxylic acids is 1. The van der Waals surface area contributed by atoms with Gasteiger partial charge in [0.1, 0.15) is 18.1 Å². The molecule has 7 heteroatoms. The Bertz CT molecular complexity index is 1200. The third-order valence-corrected chi connectivity index (χ3v) is 5.69. The summed E-state index contributed by atoms with van der Waals surface area (Å²) in [5.41, 5.74) is 3.39. The lowest BCUT2D eigenvalue weighted by Crippen LogP contribution is -2.11. The molecule has 6 nitrogen and oxygen atoms in total. The molecule has 0 saturated heterocycles. The number of carbonyl (C=O) groups is 1. The predicted octanol–water partition coefficient (Wildman–Crippen LogP) is 6.08. The number of rotatable bonds is 9. The first-order chi connectivity index (χ1) is 16.1. The second-order valence-electron chi connectivity index (χ2n) is 7.41. The van der Waals surface area contributed by atoms with E-state index in [1.807, 2.05) is 60.7 Å². The molecule has 0 saturated carbocycles. The first kappa shape index (κ1) is 22.6. The molecular formula is C26H24BrN3O3. The van der Waals surface area contributed by atoms with Gasteiger partial charge in [-0.3, -0.25) is 4.79 Å². The molecule has 1 amide bonds. The van der Waals surface area contributed by atoms with E-state index in [0.717, 1.165) is 28.0 Å². The summed E-state index contributed by atoms with van der Waals surface area (Å²) in [6.45, 7) is 2.79. The molecule has 3 aromatic carbocycles. The summed E-state index contributed by atoms with van der Waals surface area (Å²) in [5.74, 6) is 1.35. The van der Waals surface area contributed by atoms with Crippen LogP contribution in [-0.2, 0) is 19.8 Å². The molecular weight excluding hydrogens is 482 g/mol. The SMILES string of the molecule is CCc1ccc(OCn2cc(NC(=O)c3ccc(COc4ccccc4Br)cc3)cn2)cc1. The van der Waals surface area contributed by atoms with Crippen molar-refractivity contribution >= 4 is 27.5 Å². The average molecular weight is 506 g/mol. The van der Waals surface area contributed by atoms with Crippen molar-refractivity contribution in [3.8, 4) is 11.5 Å². The van der Waals surface area contributed by atoms with E-state index in [-0.39, 0.29) is 12.6 Å². The van der Waals surface area contributed by atoms with Crippen molar-refractivity contribution in [1.29, 1.82) is 0 Å². The summed E-state index contributed by atoms with van der Waals surface area (Å²) in [4.78, 5) is 12.6. The Labute approximate surface area is 201 Å². The number of amides is 1. The number of nitrogens with one attached hydrogen (secondary N) is 1. The molecule has 0 aliphatic heterocycles. The van der Waals surface area contributed by atoms with Gasteiger partial charge in [-0.2, -0.15) is 5.10 Å². The number of hydrogen-bond donors (Lipinski definition) is 1. The Balaban J connectivity index is 1.28. The maximum absolute atomic E-state index is 12.6. The van der Waals surface area contributed by atoms with E-state index in [1.54, 1.807) is 29.2 Å². The average Bonchev–Trinajstić information content (AvgIpc) is 3.30. The normalized spacial score (nSPS) is 10.6. The van der Waals surface area contributed by atoms with Crippen LogP contribution in [0.25, 0.3) is 0 Å². The first-order valence-electron chi connectivity index (χ1n) is 10.6. The molecule has 4 aromatic rings. The minimum Gasteiger partial charge on any atom is -0.488 e. The van der Waals surface area contributed by atoms with Gasteiger partial charge >= 0.3 is 0 Å². The molecule has 0 spiro atoms. The third-order valence-electron chi connectivity index (χ3n) is 5.03. The van der Waals surface area contributed by atoms with Crippen LogP contribution in [0.2, 0.25) is 0 Å². The van der Waals surface area contributed by atoms with Crippen molar-refractivity contribution < 1.29 is 14.3 Å². The Kier molecular flexibility index (Phi) is 7.42. The van der Waals surface area contributed by atoms with E-state index >= 15 is 0 Å². The second kappa shape index (κ2) is 10.8. The van der Waals surface area contributed by atoms with Gasteiger partial charge in [-0.05, 0) is 69.9 Å². The van der Waals surface area contributed by atoms with E-state index in [9.17, 15) is 4.79 Å². The molecule has 0 aliphatic rings. The van der Waals surface area contributed by atoms with Gasteiger partial charge in [0.05, 0.1) is 22.6 Å². The topological polar surface area (TPSA) is 65.4 Å². The molecule has 33 heavy (non-hydrogen) atoms. The highest BCUT2D eigenvalue weighted by molar-refractivity contribution is 9.10. The van der Waals surface area contributed by atoms with Gasteiger partial charge in [0.15, 0.2) is 6.73 Å². The largest absolute Gasteiger partial charge is 0.488 e. The van der Waals surface area contributed by atoms with Crippen LogP contribution in [0.3, 0.4) is 0 Å². The molecule has 1 heterocycles.